The third-order valence-electron chi connectivity index (χ3n) is 4.73. The number of aromatic nitrogens is 2. The molecule has 116 valence electrons. The Morgan fingerprint density at radius 3 is 2.91 bits per heavy atom. The van der Waals surface area contributed by atoms with Gasteiger partial charge in [-0.25, -0.2) is 0 Å². The number of fused-ring (bicyclic) bond motifs is 1. The summed E-state index contributed by atoms with van der Waals surface area (Å²) in [4.78, 5) is 14.9. The Bertz CT molecular complexity index is 692. The van der Waals surface area contributed by atoms with Crippen molar-refractivity contribution in [3.63, 3.8) is 0 Å². The van der Waals surface area contributed by atoms with E-state index in [0.717, 1.165) is 22.6 Å². The predicted octanol–water partition coefficient (Wildman–Crippen LogP) is 2.89. The van der Waals surface area contributed by atoms with Crippen LogP contribution in [0.5, 0.6) is 0 Å². The highest BCUT2D eigenvalue weighted by Gasteiger charge is 2.39. The Hall–Kier alpha value is -1.53. The van der Waals surface area contributed by atoms with Crippen LogP contribution in [0.15, 0.2) is 18.2 Å². The number of nitrogens with one attached hydrogen (secondary N) is 1. The van der Waals surface area contributed by atoms with Gasteiger partial charge in [0.05, 0.1) is 24.0 Å². The molecule has 2 aromatic rings. The number of benzene rings is 1. The first kappa shape index (κ1) is 14.1. The standard InChI is InChI=1S/C16H20N4OS/c1-10(11-5-6-11)20(12-7-8-12)9-15(21)17-13-3-2-4-14-16(13)19-22-18-14/h2-4,10-12H,5-9H2,1H3,(H,17,21). The van der Waals surface area contributed by atoms with Crippen molar-refractivity contribution in [2.75, 3.05) is 11.9 Å². The molecule has 22 heavy (non-hydrogen) atoms. The molecule has 1 amide bonds. The molecule has 2 aliphatic rings. The van der Waals surface area contributed by atoms with Crippen molar-refractivity contribution in [2.24, 2.45) is 5.92 Å². The molecule has 0 saturated heterocycles. The van der Waals surface area contributed by atoms with E-state index < -0.39 is 0 Å². The molecule has 5 nitrogen and oxygen atoms in total. The lowest BCUT2D eigenvalue weighted by Crippen LogP contribution is -2.42. The lowest BCUT2D eigenvalue weighted by molar-refractivity contribution is -0.118. The van der Waals surface area contributed by atoms with Gasteiger partial charge in [-0.1, -0.05) is 6.07 Å². The van der Waals surface area contributed by atoms with Crippen molar-refractivity contribution in [3.8, 4) is 0 Å². The number of carbonyl (C=O) groups is 1. The molecule has 2 saturated carbocycles. The van der Waals surface area contributed by atoms with Crippen molar-refractivity contribution in [1.29, 1.82) is 0 Å². The molecular weight excluding hydrogens is 296 g/mol. The van der Waals surface area contributed by atoms with Crippen molar-refractivity contribution < 1.29 is 4.79 Å². The Kier molecular flexibility index (Phi) is 3.58. The van der Waals surface area contributed by atoms with Gasteiger partial charge in [-0.05, 0) is 50.7 Å². The monoisotopic (exact) mass is 316 g/mol. The fraction of sp³-hybridized carbons (Fsp3) is 0.562. The molecule has 1 aromatic carbocycles. The van der Waals surface area contributed by atoms with Crippen molar-refractivity contribution in [3.05, 3.63) is 18.2 Å². The SMILES string of the molecule is CC(C1CC1)N(CC(=O)Nc1cccc2nsnc12)C1CC1. The Morgan fingerprint density at radius 1 is 1.36 bits per heavy atom. The zero-order chi connectivity index (χ0) is 15.1. The molecule has 1 atom stereocenters. The third-order valence-corrected chi connectivity index (χ3v) is 5.27. The number of amides is 1. The second-order valence-corrected chi connectivity index (χ2v) is 7.00. The summed E-state index contributed by atoms with van der Waals surface area (Å²) in [6.45, 7) is 2.75. The van der Waals surface area contributed by atoms with Crippen LogP contribution in [0.25, 0.3) is 11.0 Å². The van der Waals surface area contributed by atoms with E-state index in [1.54, 1.807) is 0 Å². The van der Waals surface area contributed by atoms with E-state index in [-0.39, 0.29) is 5.91 Å². The summed E-state index contributed by atoms with van der Waals surface area (Å²) < 4.78 is 8.49. The number of rotatable bonds is 6. The summed E-state index contributed by atoms with van der Waals surface area (Å²) in [6, 6.07) is 6.85. The van der Waals surface area contributed by atoms with Crippen LogP contribution in [-0.4, -0.2) is 38.2 Å². The lowest BCUT2D eigenvalue weighted by atomic mass is 10.1. The summed E-state index contributed by atoms with van der Waals surface area (Å²) in [7, 11) is 0. The maximum atomic E-state index is 12.5. The normalized spacial score (nSPS) is 19.5. The van der Waals surface area contributed by atoms with Crippen LogP contribution in [-0.2, 0) is 4.79 Å². The van der Waals surface area contributed by atoms with Gasteiger partial charge in [-0.3, -0.25) is 9.69 Å². The quantitative estimate of drug-likeness (QED) is 0.890. The Morgan fingerprint density at radius 2 is 2.18 bits per heavy atom. The van der Waals surface area contributed by atoms with Crippen LogP contribution in [0, 0.1) is 5.92 Å². The van der Waals surface area contributed by atoms with Gasteiger partial charge in [0, 0.05) is 12.1 Å². The molecule has 0 bridgehead atoms. The average Bonchev–Trinajstić information content (AvgIpc) is 3.42. The lowest BCUT2D eigenvalue weighted by Gasteiger charge is -2.28. The van der Waals surface area contributed by atoms with Crippen LogP contribution >= 0.6 is 11.7 Å². The van der Waals surface area contributed by atoms with Crippen molar-refractivity contribution >= 4 is 34.4 Å². The van der Waals surface area contributed by atoms with E-state index >= 15 is 0 Å². The van der Waals surface area contributed by atoms with Crippen molar-refractivity contribution in [2.45, 2.75) is 44.7 Å². The zero-order valence-corrected chi connectivity index (χ0v) is 13.5. The fourth-order valence-electron chi connectivity index (χ4n) is 3.12. The fourth-order valence-corrected chi connectivity index (χ4v) is 3.67. The molecule has 1 N–H and O–H groups in total. The molecular formula is C16H20N4OS. The van der Waals surface area contributed by atoms with Crippen LogP contribution in [0.1, 0.15) is 32.6 Å². The van der Waals surface area contributed by atoms with E-state index in [1.807, 2.05) is 18.2 Å². The van der Waals surface area contributed by atoms with Gasteiger partial charge in [0.2, 0.25) is 5.91 Å². The maximum Gasteiger partial charge on any atom is 0.238 e. The average molecular weight is 316 g/mol. The molecule has 0 aliphatic heterocycles. The van der Waals surface area contributed by atoms with E-state index in [1.165, 1.54) is 37.4 Å². The van der Waals surface area contributed by atoms with Crippen LogP contribution in [0.3, 0.4) is 0 Å². The van der Waals surface area contributed by atoms with E-state index in [2.05, 4.69) is 25.9 Å². The van der Waals surface area contributed by atoms with Crippen LogP contribution in [0.4, 0.5) is 5.69 Å². The van der Waals surface area contributed by atoms with Crippen LogP contribution < -0.4 is 5.32 Å². The maximum absolute atomic E-state index is 12.5. The highest BCUT2D eigenvalue weighted by molar-refractivity contribution is 7.00. The number of hydrogen-bond donors (Lipinski definition) is 1. The minimum absolute atomic E-state index is 0.0555. The molecule has 4 rings (SSSR count). The van der Waals surface area contributed by atoms with Gasteiger partial charge in [0.25, 0.3) is 0 Å². The first-order valence-electron chi connectivity index (χ1n) is 7.99. The zero-order valence-electron chi connectivity index (χ0n) is 12.7. The summed E-state index contributed by atoms with van der Waals surface area (Å²) in [5.74, 6) is 0.847. The smallest absolute Gasteiger partial charge is 0.238 e. The van der Waals surface area contributed by atoms with Crippen LogP contribution in [0.2, 0.25) is 0 Å². The van der Waals surface area contributed by atoms with Gasteiger partial charge in [-0.2, -0.15) is 8.75 Å². The number of hydrogen-bond acceptors (Lipinski definition) is 5. The number of carbonyl (C=O) groups excluding carboxylic acids is 1. The number of nitrogens with zero attached hydrogens (tertiary/aromatic N) is 3. The van der Waals surface area contributed by atoms with Gasteiger partial charge in [0.1, 0.15) is 11.0 Å². The first-order valence-corrected chi connectivity index (χ1v) is 8.72. The molecule has 1 unspecified atom stereocenters. The summed E-state index contributed by atoms with van der Waals surface area (Å²) in [5, 5.41) is 3.02. The van der Waals surface area contributed by atoms with Crippen molar-refractivity contribution in [1.82, 2.24) is 13.6 Å². The predicted molar refractivity (Wildman–Crippen MR) is 88.0 cm³/mol. The first-order chi connectivity index (χ1) is 10.7. The van der Waals surface area contributed by atoms with Gasteiger partial charge < -0.3 is 5.32 Å². The highest BCUT2D eigenvalue weighted by atomic mass is 32.1. The third kappa shape index (κ3) is 2.85. The molecule has 0 radical (unpaired) electrons. The van der Waals surface area contributed by atoms with Gasteiger partial charge in [-0.15, -0.1) is 0 Å². The minimum Gasteiger partial charge on any atom is -0.323 e. The minimum atomic E-state index is 0.0555. The molecule has 1 heterocycles. The second-order valence-electron chi connectivity index (χ2n) is 6.47. The molecule has 1 aromatic heterocycles. The molecule has 2 fully saturated rings. The molecule has 2 aliphatic carbocycles. The largest absolute Gasteiger partial charge is 0.323 e. The summed E-state index contributed by atoms with van der Waals surface area (Å²) >= 11 is 1.18. The highest BCUT2D eigenvalue weighted by Crippen LogP contribution is 2.39. The Labute approximate surface area is 134 Å². The van der Waals surface area contributed by atoms with Gasteiger partial charge >= 0.3 is 0 Å². The summed E-state index contributed by atoms with van der Waals surface area (Å²) in [5.41, 5.74) is 2.40. The molecule has 6 heteroatoms. The number of anilines is 1. The molecule has 0 spiro atoms. The van der Waals surface area contributed by atoms with Gasteiger partial charge in [0.15, 0.2) is 0 Å². The van der Waals surface area contributed by atoms with E-state index in [0.29, 0.717) is 18.6 Å². The van der Waals surface area contributed by atoms with E-state index in [4.69, 9.17) is 0 Å². The summed E-state index contributed by atoms with van der Waals surface area (Å²) in [6.07, 6.45) is 5.09. The topological polar surface area (TPSA) is 58.1 Å². The second kappa shape index (κ2) is 5.59. The van der Waals surface area contributed by atoms with E-state index in [9.17, 15) is 4.79 Å². The Balaban J connectivity index is 1.46.